The molecule has 0 unspecified atom stereocenters. The van der Waals surface area contributed by atoms with Gasteiger partial charge in [0.1, 0.15) is 13.2 Å². The topological polar surface area (TPSA) is 83.6 Å². The van der Waals surface area contributed by atoms with Crippen LogP contribution in [0.1, 0.15) is 27.7 Å². The minimum Gasteiger partial charge on any atom is -0.478 e. The third-order valence-corrected chi connectivity index (χ3v) is 5.98. The zero-order valence-corrected chi connectivity index (χ0v) is 17.9. The first-order valence-corrected chi connectivity index (χ1v) is 10.7. The lowest BCUT2D eigenvalue weighted by Crippen LogP contribution is -2.41. The van der Waals surface area contributed by atoms with Crippen LogP contribution in [0.4, 0.5) is 0 Å². The highest BCUT2D eigenvalue weighted by Gasteiger charge is 2.49. The first-order valence-electron chi connectivity index (χ1n) is 10.7. The molecular weight excluding hydrogens is 380 g/mol. The summed E-state index contributed by atoms with van der Waals surface area (Å²) in [6.07, 6.45) is 8.80. The fraction of sp³-hybridized carbons (Fsp3) is 0.500. The predicted octanol–water partition coefficient (Wildman–Crippen LogP) is 2.17. The monoisotopic (exact) mass is 410 g/mol. The second-order valence-electron chi connectivity index (χ2n) is 8.79. The molecule has 0 aromatic rings. The molecule has 2 aliphatic heterocycles. The summed E-state index contributed by atoms with van der Waals surface area (Å²) >= 11 is 0. The molecule has 2 aliphatic carbocycles. The van der Waals surface area contributed by atoms with Gasteiger partial charge in [-0.15, -0.1) is 0 Å². The normalized spacial score (nSPS) is 31.3. The molecule has 2 heterocycles. The van der Waals surface area contributed by atoms with E-state index >= 15 is 0 Å². The number of aliphatic hydroxyl groups is 2. The standard InChI is InChI=1S/C24H30N2O4/c1-13(2)19-11-29-23(25-19)17-9-5-7-15(17)21(27)22(28)16-8-6-10-18(16)24-26-20(12-30-24)14(3)4/h5-10,13-14,19-22,27-28H,11-12H2,1-4H3/t19-,20-,21-,22-/m1/s1. The molecule has 160 valence electrons. The summed E-state index contributed by atoms with van der Waals surface area (Å²) in [5, 5.41) is 22.1. The second kappa shape index (κ2) is 9.15. The Morgan fingerprint density at radius 3 is 1.47 bits per heavy atom. The third kappa shape index (κ3) is 4.27. The first kappa shape index (κ1) is 22.1. The molecule has 0 spiro atoms. The van der Waals surface area contributed by atoms with Crippen LogP contribution in [0, 0.1) is 74.0 Å². The Morgan fingerprint density at radius 1 is 0.733 bits per heavy atom. The Balaban J connectivity index is 1.44. The predicted molar refractivity (Wildman–Crippen MR) is 115 cm³/mol. The molecule has 10 radical (unpaired) electrons. The van der Waals surface area contributed by atoms with E-state index in [1.54, 1.807) is 12.8 Å². The van der Waals surface area contributed by atoms with Gasteiger partial charge in [-0.2, -0.15) is 0 Å². The Labute approximate surface area is 181 Å². The zero-order valence-electron chi connectivity index (χ0n) is 17.9. The highest BCUT2D eigenvalue weighted by Crippen LogP contribution is 2.45. The average molecular weight is 411 g/mol. The van der Waals surface area contributed by atoms with E-state index < -0.39 is 12.2 Å². The van der Waals surface area contributed by atoms with Gasteiger partial charge in [0, 0.05) is 11.8 Å². The summed E-state index contributed by atoms with van der Waals surface area (Å²) in [7, 11) is 0. The van der Waals surface area contributed by atoms with E-state index in [2.05, 4.69) is 37.7 Å². The quantitative estimate of drug-likeness (QED) is 0.674. The zero-order chi connectivity index (χ0) is 21.4. The highest BCUT2D eigenvalue weighted by atomic mass is 16.5. The number of nitrogens with zero attached hydrogens (tertiary/aromatic N) is 2. The molecule has 6 nitrogen and oxygen atoms in total. The van der Waals surface area contributed by atoms with Gasteiger partial charge in [0.05, 0.1) is 36.1 Å². The van der Waals surface area contributed by atoms with Crippen LogP contribution in [0.2, 0.25) is 0 Å². The highest BCUT2D eigenvalue weighted by molar-refractivity contribution is 6.00. The summed E-state index contributed by atoms with van der Waals surface area (Å²) in [4.78, 5) is 9.33. The molecule has 0 saturated heterocycles. The Hall–Kier alpha value is -1.14. The molecule has 2 fully saturated rings. The Kier molecular flexibility index (Phi) is 6.73. The Morgan fingerprint density at radius 2 is 1.13 bits per heavy atom. The van der Waals surface area contributed by atoms with Crippen molar-refractivity contribution in [1.82, 2.24) is 0 Å². The number of rotatable bonds is 7. The molecule has 4 rings (SSSR count). The molecule has 30 heavy (non-hydrogen) atoms. The van der Waals surface area contributed by atoms with Crippen LogP contribution in [0.3, 0.4) is 0 Å². The van der Waals surface area contributed by atoms with Crippen LogP contribution in [-0.4, -0.2) is 59.5 Å². The van der Waals surface area contributed by atoms with Crippen LogP contribution < -0.4 is 0 Å². The number of aliphatic hydroxyl groups excluding tert-OH is 2. The van der Waals surface area contributed by atoms with E-state index in [-0.39, 0.29) is 12.1 Å². The Bertz CT molecular complexity index is 606. The lowest BCUT2D eigenvalue weighted by molar-refractivity contribution is 0.0453. The van der Waals surface area contributed by atoms with E-state index in [0.29, 0.717) is 48.7 Å². The van der Waals surface area contributed by atoms with Gasteiger partial charge in [-0.05, 0) is 50.4 Å². The molecule has 2 saturated carbocycles. The molecule has 6 heteroatoms. The minimum atomic E-state index is -1.12. The lowest BCUT2D eigenvalue weighted by atomic mass is 9.80. The molecule has 0 bridgehead atoms. The van der Waals surface area contributed by atoms with Gasteiger partial charge >= 0.3 is 0 Å². The van der Waals surface area contributed by atoms with Crippen molar-refractivity contribution >= 4 is 11.8 Å². The number of hydrogen-bond donors (Lipinski definition) is 2. The van der Waals surface area contributed by atoms with Crippen molar-refractivity contribution in [2.45, 2.75) is 52.0 Å². The van der Waals surface area contributed by atoms with Crippen molar-refractivity contribution in [3.05, 3.63) is 62.2 Å². The molecule has 0 amide bonds. The fourth-order valence-corrected chi connectivity index (χ4v) is 3.87. The molecular formula is C24H30N2O4. The van der Waals surface area contributed by atoms with Gasteiger partial charge < -0.3 is 19.7 Å². The lowest BCUT2D eigenvalue weighted by Gasteiger charge is -2.31. The van der Waals surface area contributed by atoms with Gasteiger partial charge in [0.25, 0.3) is 0 Å². The third-order valence-electron chi connectivity index (χ3n) is 5.98. The van der Waals surface area contributed by atoms with Gasteiger partial charge in [-0.25, -0.2) is 9.98 Å². The maximum Gasteiger partial charge on any atom is 0.192 e. The summed E-state index contributed by atoms with van der Waals surface area (Å²) in [6.45, 7) is 9.52. The van der Waals surface area contributed by atoms with Crippen molar-refractivity contribution < 1.29 is 19.7 Å². The SMILES string of the molecule is CC(C)[C@H]1COC([C]2[CH][CH][CH][C]2[C@@H](O)[C@H](O)[C]2[CH][CH][CH][C]2C2=N[C@@H](C(C)C)CO2)=N1. The van der Waals surface area contributed by atoms with Crippen LogP contribution in [-0.2, 0) is 9.47 Å². The van der Waals surface area contributed by atoms with E-state index in [1.165, 1.54) is 0 Å². The minimum absolute atomic E-state index is 0.109. The molecule has 0 aromatic heterocycles. The first-order chi connectivity index (χ1) is 14.4. The van der Waals surface area contributed by atoms with Gasteiger partial charge in [0.2, 0.25) is 0 Å². The van der Waals surface area contributed by atoms with Crippen molar-refractivity contribution in [3.63, 3.8) is 0 Å². The number of ether oxygens (including phenoxy) is 2. The molecule has 4 atom stereocenters. The van der Waals surface area contributed by atoms with Crippen LogP contribution in [0.15, 0.2) is 9.98 Å². The van der Waals surface area contributed by atoms with Crippen LogP contribution in [0.25, 0.3) is 0 Å². The summed E-state index contributed by atoms with van der Waals surface area (Å²) in [6, 6.07) is 0.218. The fourth-order valence-electron chi connectivity index (χ4n) is 3.87. The second-order valence-corrected chi connectivity index (χ2v) is 8.79. The molecule has 4 aliphatic rings. The summed E-state index contributed by atoms with van der Waals surface area (Å²) < 4.78 is 11.6. The largest absolute Gasteiger partial charge is 0.478 e. The van der Waals surface area contributed by atoms with Crippen molar-refractivity contribution in [2.24, 2.45) is 21.8 Å². The number of hydrogen-bond acceptors (Lipinski definition) is 6. The molecule has 0 aromatic carbocycles. The van der Waals surface area contributed by atoms with Crippen molar-refractivity contribution in [1.29, 1.82) is 0 Å². The summed E-state index contributed by atoms with van der Waals surface area (Å²) in [5.41, 5.74) is 0. The van der Waals surface area contributed by atoms with E-state index in [9.17, 15) is 10.2 Å². The van der Waals surface area contributed by atoms with Gasteiger partial charge in [-0.3, -0.25) is 0 Å². The van der Waals surface area contributed by atoms with E-state index in [4.69, 9.17) is 9.47 Å². The smallest absolute Gasteiger partial charge is 0.192 e. The van der Waals surface area contributed by atoms with Crippen LogP contribution in [0.5, 0.6) is 0 Å². The van der Waals surface area contributed by atoms with Crippen molar-refractivity contribution in [2.75, 3.05) is 13.2 Å². The summed E-state index contributed by atoms with van der Waals surface area (Å²) in [5.74, 6) is 4.49. The molecule has 2 N–H and O–H groups in total. The van der Waals surface area contributed by atoms with E-state index in [1.807, 2.05) is 25.7 Å². The maximum atomic E-state index is 11.0. The average Bonchev–Trinajstić information content (AvgIpc) is 3.51. The van der Waals surface area contributed by atoms with Crippen molar-refractivity contribution in [3.8, 4) is 0 Å². The van der Waals surface area contributed by atoms with Gasteiger partial charge in [-0.1, -0.05) is 27.7 Å². The van der Waals surface area contributed by atoms with Gasteiger partial charge in [0.15, 0.2) is 11.8 Å². The van der Waals surface area contributed by atoms with E-state index in [0.717, 1.165) is 11.8 Å². The number of aliphatic imine (C=N–C) groups is 2. The maximum absolute atomic E-state index is 11.0. The van der Waals surface area contributed by atoms with Crippen LogP contribution >= 0.6 is 0 Å².